The maximum atomic E-state index is 12.1. The Balaban J connectivity index is 1.54. The largest absolute Gasteiger partial charge is 0.447 e. The average molecular weight is 512 g/mol. The van der Waals surface area contributed by atoms with Gasteiger partial charge in [0.15, 0.2) is 0 Å². The lowest BCUT2D eigenvalue weighted by molar-refractivity contribution is -0.385. The summed E-state index contributed by atoms with van der Waals surface area (Å²) in [5.74, 6) is -0.0988. The molecule has 3 N–H and O–H groups in total. The molecule has 1 fully saturated rings. The van der Waals surface area contributed by atoms with Crippen molar-refractivity contribution in [1.29, 1.82) is 0 Å². The first-order chi connectivity index (χ1) is 17.4. The van der Waals surface area contributed by atoms with Gasteiger partial charge in [-0.05, 0) is 19.1 Å². The summed E-state index contributed by atoms with van der Waals surface area (Å²) in [5.41, 5.74) is 1.04. The number of hydrogen-bond donors (Lipinski definition) is 3. The zero-order valence-corrected chi connectivity index (χ0v) is 20.8. The highest BCUT2D eigenvalue weighted by molar-refractivity contribution is 5.76. The molecule has 36 heavy (non-hydrogen) atoms. The molecule has 202 valence electrons. The topological polar surface area (TPSA) is 156 Å². The first kappa shape index (κ1) is 29.2. The molecule has 1 heterocycles. The standard InChI is InChI=1S/C23H37N5O8/c1-2-34-13-14-35-15-16-36-23(31)25-7-6-24-22(30)5-8-26-9-11-27(12-10-26)20-3-4-21(28(32)33)19(17-20)18-29/h3-4,17,29H,2,5-16,18H2,1H3,(H,24,30)(H,25,31). The van der Waals surface area contributed by atoms with Gasteiger partial charge in [-0.25, -0.2) is 4.79 Å². The molecule has 0 saturated carbocycles. The molecule has 0 aromatic heterocycles. The van der Waals surface area contributed by atoms with Crippen LogP contribution in [0.1, 0.15) is 18.9 Å². The van der Waals surface area contributed by atoms with E-state index in [4.69, 9.17) is 14.2 Å². The molecule has 1 aliphatic rings. The number of nitrogens with one attached hydrogen (secondary N) is 2. The molecule has 2 amide bonds. The molecule has 0 atom stereocenters. The van der Waals surface area contributed by atoms with Crippen LogP contribution in [0, 0.1) is 10.1 Å². The number of benzene rings is 1. The second kappa shape index (κ2) is 16.6. The van der Waals surface area contributed by atoms with E-state index in [0.717, 1.165) is 18.8 Å². The third-order valence-electron chi connectivity index (χ3n) is 5.58. The normalized spacial score (nSPS) is 13.9. The molecular formula is C23H37N5O8. The summed E-state index contributed by atoms with van der Waals surface area (Å²) in [7, 11) is 0. The first-order valence-electron chi connectivity index (χ1n) is 12.1. The molecule has 1 aromatic rings. The van der Waals surface area contributed by atoms with Crippen LogP contribution < -0.4 is 15.5 Å². The van der Waals surface area contributed by atoms with Gasteiger partial charge in [-0.15, -0.1) is 0 Å². The van der Waals surface area contributed by atoms with Crippen molar-refractivity contribution in [3.05, 3.63) is 33.9 Å². The number of piperazine rings is 1. The molecule has 1 aromatic carbocycles. The predicted molar refractivity (Wildman–Crippen MR) is 132 cm³/mol. The summed E-state index contributed by atoms with van der Waals surface area (Å²) in [5, 5.41) is 25.8. The minimum absolute atomic E-state index is 0.0864. The molecule has 1 aliphatic heterocycles. The predicted octanol–water partition coefficient (Wildman–Crippen LogP) is 0.495. The van der Waals surface area contributed by atoms with Crippen LogP contribution in [-0.4, -0.2) is 106 Å². The van der Waals surface area contributed by atoms with E-state index in [1.165, 1.54) is 6.07 Å². The lowest BCUT2D eigenvalue weighted by atomic mass is 10.1. The molecule has 13 heteroatoms. The zero-order valence-electron chi connectivity index (χ0n) is 20.8. The van der Waals surface area contributed by atoms with Crippen LogP contribution >= 0.6 is 0 Å². The minimum atomic E-state index is -0.561. The van der Waals surface area contributed by atoms with Crippen LogP contribution in [0.25, 0.3) is 0 Å². The molecule has 0 unspecified atom stereocenters. The monoisotopic (exact) mass is 511 g/mol. The number of aliphatic hydroxyl groups excluding tert-OH is 1. The third-order valence-corrected chi connectivity index (χ3v) is 5.58. The molecule has 2 rings (SSSR count). The smallest absolute Gasteiger partial charge is 0.407 e. The Morgan fingerprint density at radius 1 is 1.06 bits per heavy atom. The number of nitrogens with zero attached hydrogens (tertiary/aromatic N) is 3. The number of amides is 2. The number of hydrogen-bond acceptors (Lipinski definition) is 10. The van der Waals surface area contributed by atoms with Gasteiger partial charge < -0.3 is 34.9 Å². The van der Waals surface area contributed by atoms with Crippen molar-refractivity contribution >= 4 is 23.4 Å². The first-order valence-corrected chi connectivity index (χ1v) is 12.1. The lowest BCUT2D eigenvalue weighted by Crippen LogP contribution is -2.47. The maximum Gasteiger partial charge on any atom is 0.407 e. The molecular weight excluding hydrogens is 474 g/mol. The van der Waals surface area contributed by atoms with Gasteiger partial charge in [0.1, 0.15) is 6.61 Å². The highest BCUT2D eigenvalue weighted by Crippen LogP contribution is 2.25. The summed E-state index contributed by atoms with van der Waals surface area (Å²) < 4.78 is 15.3. The second-order valence-corrected chi connectivity index (χ2v) is 8.03. The van der Waals surface area contributed by atoms with Gasteiger partial charge >= 0.3 is 6.09 Å². The summed E-state index contributed by atoms with van der Waals surface area (Å²) in [6, 6.07) is 4.77. The summed E-state index contributed by atoms with van der Waals surface area (Å²) in [6.45, 7) is 7.66. The van der Waals surface area contributed by atoms with Crippen molar-refractivity contribution in [2.45, 2.75) is 20.0 Å². The minimum Gasteiger partial charge on any atom is -0.447 e. The fraction of sp³-hybridized carbons (Fsp3) is 0.652. The SMILES string of the molecule is CCOCCOCCOC(=O)NCCNC(=O)CCN1CCN(c2ccc([N+](=O)[O-])c(CO)c2)CC1. The fourth-order valence-corrected chi connectivity index (χ4v) is 3.63. The van der Waals surface area contributed by atoms with E-state index >= 15 is 0 Å². The Kier molecular flexibility index (Phi) is 13.5. The summed E-state index contributed by atoms with van der Waals surface area (Å²) in [6.07, 6.45) is -0.218. The van der Waals surface area contributed by atoms with Crippen molar-refractivity contribution in [2.24, 2.45) is 0 Å². The van der Waals surface area contributed by atoms with E-state index in [1.54, 1.807) is 12.1 Å². The van der Waals surface area contributed by atoms with Gasteiger partial charge in [0, 0.05) is 70.6 Å². The number of aliphatic hydroxyl groups is 1. The number of carbonyl (C=O) groups excluding carboxylic acids is 2. The van der Waals surface area contributed by atoms with E-state index in [0.29, 0.717) is 64.6 Å². The number of rotatable bonds is 16. The van der Waals surface area contributed by atoms with Crippen molar-refractivity contribution in [1.82, 2.24) is 15.5 Å². The van der Waals surface area contributed by atoms with Gasteiger partial charge in [0.25, 0.3) is 5.69 Å². The number of carbonyl (C=O) groups is 2. The van der Waals surface area contributed by atoms with Crippen LogP contribution in [0.5, 0.6) is 0 Å². The van der Waals surface area contributed by atoms with Crippen LogP contribution in [-0.2, 0) is 25.6 Å². The van der Waals surface area contributed by atoms with E-state index in [9.17, 15) is 24.8 Å². The van der Waals surface area contributed by atoms with Crippen molar-refractivity contribution < 1.29 is 33.8 Å². The third kappa shape index (κ3) is 10.7. The number of anilines is 1. The van der Waals surface area contributed by atoms with Crippen molar-refractivity contribution in [2.75, 3.05) is 83.7 Å². The van der Waals surface area contributed by atoms with Gasteiger partial charge in [-0.1, -0.05) is 0 Å². The number of nitro benzene ring substituents is 1. The Hall–Kier alpha value is -3.00. The molecule has 0 radical (unpaired) electrons. The van der Waals surface area contributed by atoms with Crippen molar-refractivity contribution in [3.63, 3.8) is 0 Å². The number of ether oxygens (including phenoxy) is 3. The Morgan fingerprint density at radius 3 is 2.44 bits per heavy atom. The Labute approximate surface area is 210 Å². The van der Waals surface area contributed by atoms with E-state index < -0.39 is 11.0 Å². The van der Waals surface area contributed by atoms with Crippen LogP contribution in [0.4, 0.5) is 16.2 Å². The summed E-state index contributed by atoms with van der Waals surface area (Å²) in [4.78, 5) is 38.5. The number of alkyl carbamates (subject to hydrolysis) is 1. The number of nitro groups is 1. The van der Waals surface area contributed by atoms with E-state index in [-0.39, 0.29) is 31.4 Å². The van der Waals surface area contributed by atoms with Gasteiger partial charge in [-0.2, -0.15) is 0 Å². The lowest BCUT2D eigenvalue weighted by Gasteiger charge is -2.36. The van der Waals surface area contributed by atoms with Crippen LogP contribution in [0.2, 0.25) is 0 Å². The van der Waals surface area contributed by atoms with E-state index in [1.807, 2.05) is 6.92 Å². The maximum absolute atomic E-state index is 12.1. The fourth-order valence-electron chi connectivity index (χ4n) is 3.63. The average Bonchev–Trinajstić information content (AvgIpc) is 2.89. The zero-order chi connectivity index (χ0) is 26.2. The molecule has 1 saturated heterocycles. The molecule has 13 nitrogen and oxygen atoms in total. The van der Waals surface area contributed by atoms with Crippen molar-refractivity contribution in [3.8, 4) is 0 Å². The highest BCUT2D eigenvalue weighted by Gasteiger charge is 2.20. The Bertz CT molecular complexity index is 833. The van der Waals surface area contributed by atoms with Crippen LogP contribution in [0.3, 0.4) is 0 Å². The van der Waals surface area contributed by atoms with Gasteiger partial charge in [-0.3, -0.25) is 19.8 Å². The van der Waals surface area contributed by atoms with E-state index in [2.05, 4.69) is 20.4 Å². The quantitative estimate of drug-likeness (QED) is 0.162. The second-order valence-electron chi connectivity index (χ2n) is 8.03. The van der Waals surface area contributed by atoms with Crippen LogP contribution in [0.15, 0.2) is 18.2 Å². The highest BCUT2D eigenvalue weighted by atomic mass is 16.6. The summed E-state index contributed by atoms with van der Waals surface area (Å²) >= 11 is 0. The Morgan fingerprint density at radius 2 is 1.75 bits per heavy atom. The molecule has 0 aliphatic carbocycles. The molecule has 0 bridgehead atoms. The molecule has 0 spiro atoms. The van der Waals surface area contributed by atoms with Gasteiger partial charge in [0.2, 0.25) is 5.91 Å². The van der Waals surface area contributed by atoms with Gasteiger partial charge in [0.05, 0.1) is 36.9 Å².